The molecule has 0 saturated carbocycles. The van der Waals surface area contributed by atoms with Crippen molar-refractivity contribution >= 4 is 6.09 Å². The molecule has 1 unspecified atom stereocenters. The van der Waals surface area contributed by atoms with Crippen molar-refractivity contribution in [2.45, 2.75) is 45.9 Å². The number of carbonyl (C=O) groups is 1. The maximum absolute atomic E-state index is 12.3. The van der Waals surface area contributed by atoms with Gasteiger partial charge in [-0.3, -0.25) is 9.58 Å². The average molecular weight is 280 g/mol. The number of rotatable bonds is 2. The van der Waals surface area contributed by atoms with Crippen LogP contribution < -0.4 is 5.32 Å². The first-order valence-electron chi connectivity index (χ1n) is 7.13. The first kappa shape index (κ1) is 14.8. The number of nitrogens with one attached hydrogen (secondary N) is 1. The smallest absolute Gasteiger partial charge is 0.410 e. The molecule has 6 nitrogen and oxygen atoms in total. The SMILES string of the molecule is CCn1cc(C2CNCCN2C(=O)OC(C)(C)C)cn1. The van der Waals surface area contributed by atoms with Crippen LogP contribution in [0, 0.1) is 0 Å². The fraction of sp³-hybridized carbons (Fsp3) is 0.714. The molecule has 1 aromatic rings. The highest BCUT2D eigenvalue weighted by molar-refractivity contribution is 5.69. The zero-order valence-electron chi connectivity index (χ0n) is 12.7. The summed E-state index contributed by atoms with van der Waals surface area (Å²) in [5, 5.41) is 7.61. The number of piperazine rings is 1. The Morgan fingerprint density at radius 2 is 2.30 bits per heavy atom. The van der Waals surface area contributed by atoms with E-state index in [1.165, 1.54) is 0 Å². The molecule has 1 aliphatic heterocycles. The molecule has 1 amide bonds. The molecule has 0 bridgehead atoms. The first-order chi connectivity index (χ1) is 9.40. The molecule has 112 valence electrons. The summed E-state index contributed by atoms with van der Waals surface area (Å²) in [6.07, 6.45) is 3.57. The van der Waals surface area contributed by atoms with Gasteiger partial charge in [-0.25, -0.2) is 4.79 Å². The molecule has 0 spiro atoms. The maximum atomic E-state index is 12.3. The molecule has 0 aliphatic carbocycles. The summed E-state index contributed by atoms with van der Waals surface area (Å²) in [7, 11) is 0. The maximum Gasteiger partial charge on any atom is 0.410 e. The number of hydrogen-bond acceptors (Lipinski definition) is 4. The van der Waals surface area contributed by atoms with Gasteiger partial charge in [-0.1, -0.05) is 0 Å². The van der Waals surface area contributed by atoms with Crippen molar-refractivity contribution in [2.75, 3.05) is 19.6 Å². The normalized spacial score (nSPS) is 20.0. The minimum atomic E-state index is -0.472. The van der Waals surface area contributed by atoms with E-state index in [-0.39, 0.29) is 12.1 Å². The van der Waals surface area contributed by atoms with E-state index in [1.54, 1.807) is 4.90 Å². The summed E-state index contributed by atoms with van der Waals surface area (Å²) in [6.45, 7) is 10.7. The Labute approximate surface area is 120 Å². The predicted molar refractivity (Wildman–Crippen MR) is 76.5 cm³/mol. The van der Waals surface area contributed by atoms with Crippen LogP contribution in [0.2, 0.25) is 0 Å². The highest BCUT2D eigenvalue weighted by Gasteiger charge is 2.31. The molecule has 1 aromatic heterocycles. The lowest BCUT2D eigenvalue weighted by Crippen LogP contribution is -2.50. The number of hydrogen-bond donors (Lipinski definition) is 1. The summed E-state index contributed by atoms with van der Waals surface area (Å²) in [5.41, 5.74) is 0.574. The van der Waals surface area contributed by atoms with Crippen LogP contribution in [0.25, 0.3) is 0 Å². The molecule has 1 aliphatic rings. The van der Waals surface area contributed by atoms with E-state index < -0.39 is 5.60 Å². The minimum Gasteiger partial charge on any atom is -0.444 e. The standard InChI is InChI=1S/C14H24N4O2/c1-5-17-10-11(8-16-17)12-9-15-6-7-18(12)13(19)20-14(2,3)4/h8,10,12,15H,5-7,9H2,1-4H3. The van der Waals surface area contributed by atoms with E-state index in [0.29, 0.717) is 6.54 Å². The zero-order chi connectivity index (χ0) is 14.8. The summed E-state index contributed by atoms with van der Waals surface area (Å²) in [6, 6.07) is -0.0149. The van der Waals surface area contributed by atoms with Crippen molar-refractivity contribution in [3.63, 3.8) is 0 Å². The second-order valence-electron chi connectivity index (χ2n) is 6.02. The molecule has 1 N–H and O–H groups in total. The number of ether oxygens (including phenoxy) is 1. The van der Waals surface area contributed by atoms with Gasteiger partial charge < -0.3 is 10.1 Å². The van der Waals surface area contributed by atoms with Gasteiger partial charge in [0.15, 0.2) is 0 Å². The summed E-state index contributed by atoms with van der Waals surface area (Å²) < 4.78 is 7.37. The van der Waals surface area contributed by atoms with Gasteiger partial charge in [0.1, 0.15) is 5.60 Å². The molecule has 1 saturated heterocycles. The molecule has 1 fully saturated rings. The highest BCUT2D eigenvalue weighted by atomic mass is 16.6. The molecule has 0 aromatic carbocycles. The summed E-state index contributed by atoms with van der Waals surface area (Å²) in [5.74, 6) is 0. The van der Waals surface area contributed by atoms with Gasteiger partial charge in [0.25, 0.3) is 0 Å². The topological polar surface area (TPSA) is 59.4 Å². The Balaban J connectivity index is 2.14. The number of aromatic nitrogens is 2. The Bertz CT molecular complexity index is 464. The van der Waals surface area contributed by atoms with E-state index in [1.807, 2.05) is 44.8 Å². The van der Waals surface area contributed by atoms with Crippen molar-refractivity contribution in [3.8, 4) is 0 Å². The van der Waals surface area contributed by atoms with Gasteiger partial charge >= 0.3 is 6.09 Å². The molecule has 1 atom stereocenters. The third-order valence-corrected chi connectivity index (χ3v) is 3.23. The molecule has 6 heteroatoms. The van der Waals surface area contributed by atoms with Crippen LogP contribution in [0.3, 0.4) is 0 Å². The van der Waals surface area contributed by atoms with Crippen LogP contribution in [0.4, 0.5) is 4.79 Å². The lowest BCUT2D eigenvalue weighted by atomic mass is 10.1. The molecule has 0 radical (unpaired) electrons. The van der Waals surface area contributed by atoms with Crippen molar-refractivity contribution in [1.29, 1.82) is 0 Å². The van der Waals surface area contributed by atoms with Gasteiger partial charge in [-0.15, -0.1) is 0 Å². The number of carbonyl (C=O) groups excluding carboxylic acids is 1. The van der Waals surface area contributed by atoms with E-state index in [4.69, 9.17) is 4.74 Å². The molecule has 20 heavy (non-hydrogen) atoms. The fourth-order valence-corrected chi connectivity index (χ4v) is 2.27. The van der Waals surface area contributed by atoms with Crippen molar-refractivity contribution in [2.24, 2.45) is 0 Å². The van der Waals surface area contributed by atoms with E-state index in [0.717, 1.165) is 25.2 Å². The van der Waals surface area contributed by atoms with Crippen LogP contribution in [0.5, 0.6) is 0 Å². The number of nitrogens with zero attached hydrogens (tertiary/aromatic N) is 3. The van der Waals surface area contributed by atoms with Crippen LogP contribution in [-0.2, 0) is 11.3 Å². The quantitative estimate of drug-likeness (QED) is 0.897. The minimum absolute atomic E-state index is 0.0149. The Hall–Kier alpha value is -1.56. The van der Waals surface area contributed by atoms with Gasteiger partial charge in [0, 0.05) is 37.9 Å². The first-order valence-corrected chi connectivity index (χ1v) is 7.13. The van der Waals surface area contributed by atoms with Gasteiger partial charge in [-0.05, 0) is 27.7 Å². The number of amides is 1. The third kappa shape index (κ3) is 3.50. The third-order valence-electron chi connectivity index (χ3n) is 3.23. The van der Waals surface area contributed by atoms with Gasteiger partial charge in [-0.2, -0.15) is 5.10 Å². The van der Waals surface area contributed by atoms with E-state index in [9.17, 15) is 4.79 Å². The van der Waals surface area contributed by atoms with Crippen LogP contribution in [0.1, 0.15) is 39.3 Å². The fourth-order valence-electron chi connectivity index (χ4n) is 2.27. The van der Waals surface area contributed by atoms with Crippen LogP contribution in [0.15, 0.2) is 12.4 Å². The zero-order valence-corrected chi connectivity index (χ0v) is 12.7. The largest absolute Gasteiger partial charge is 0.444 e. The summed E-state index contributed by atoms with van der Waals surface area (Å²) >= 11 is 0. The Morgan fingerprint density at radius 1 is 1.55 bits per heavy atom. The molecule has 2 rings (SSSR count). The van der Waals surface area contributed by atoms with Crippen molar-refractivity contribution in [3.05, 3.63) is 18.0 Å². The summed E-state index contributed by atoms with van der Waals surface area (Å²) in [4.78, 5) is 14.1. The van der Waals surface area contributed by atoms with Gasteiger partial charge in [0.05, 0.1) is 12.2 Å². The lowest BCUT2D eigenvalue weighted by molar-refractivity contribution is 0.0118. The predicted octanol–water partition coefficient (Wildman–Crippen LogP) is 1.78. The van der Waals surface area contributed by atoms with Crippen molar-refractivity contribution < 1.29 is 9.53 Å². The average Bonchev–Trinajstić information content (AvgIpc) is 2.85. The van der Waals surface area contributed by atoms with Crippen molar-refractivity contribution in [1.82, 2.24) is 20.0 Å². The van der Waals surface area contributed by atoms with E-state index >= 15 is 0 Å². The molecular formula is C14H24N4O2. The lowest BCUT2D eigenvalue weighted by Gasteiger charge is -2.36. The molecule has 2 heterocycles. The molecular weight excluding hydrogens is 256 g/mol. The van der Waals surface area contributed by atoms with E-state index in [2.05, 4.69) is 10.4 Å². The number of aryl methyl sites for hydroxylation is 1. The second kappa shape index (κ2) is 5.83. The Morgan fingerprint density at radius 3 is 2.90 bits per heavy atom. The van der Waals surface area contributed by atoms with Crippen LogP contribution in [-0.4, -0.2) is 46.0 Å². The van der Waals surface area contributed by atoms with Gasteiger partial charge in [0.2, 0.25) is 0 Å². The second-order valence-corrected chi connectivity index (χ2v) is 6.02. The Kier molecular flexibility index (Phi) is 4.32. The van der Waals surface area contributed by atoms with Crippen LogP contribution >= 0.6 is 0 Å². The monoisotopic (exact) mass is 280 g/mol. The highest BCUT2D eigenvalue weighted by Crippen LogP contribution is 2.24.